The number of halogens is 3. The van der Waals surface area contributed by atoms with Crippen molar-refractivity contribution in [3.63, 3.8) is 0 Å². The van der Waals surface area contributed by atoms with Crippen molar-refractivity contribution in [2.24, 2.45) is 0 Å². The van der Waals surface area contributed by atoms with Crippen LogP contribution in [-0.2, 0) is 6.18 Å². The van der Waals surface area contributed by atoms with Crippen LogP contribution in [0.2, 0.25) is 0 Å². The zero-order valence-corrected chi connectivity index (χ0v) is 11.0. The van der Waals surface area contributed by atoms with Gasteiger partial charge in [0, 0.05) is 5.56 Å². The molecular weight excluding hydrogens is 271 g/mol. The number of nitrogens with zero attached hydrogens (tertiary/aromatic N) is 2. The Hall–Kier alpha value is -1.89. The van der Waals surface area contributed by atoms with E-state index in [4.69, 9.17) is 4.42 Å². The predicted molar refractivity (Wildman–Crippen MR) is 66.8 cm³/mol. The molecule has 1 aromatic heterocycles. The van der Waals surface area contributed by atoms with E-state index in [2.05, 4.69) is 15.5 Å². The Labute approximate surface area is 114 Å². The fourth-order valence-corrected chi connectivity index (χ4v) is 1.72. The molecule has 1 heterocycles. The van der Waals surface area contributed by atoms with Crippen LogP contribution in [0.4, 0.5) is 13.2 Å². The van der Waals surface area contributed by atoms with E-state index >= 15 is 0 Å². The summed E-state index contributed by atoms with van der Waals surface area (Å²) in [7, 11) is 0. The molecule has 2 rings (SSSR count). The number of benzene rings is 1. The zero-order valence-electron chi connectivity index (χ0n) is 11.0. The van der Waals surface area contributed by atoms with Crippen molar-refractivity contribution in [1.82, 2.24) is 15.5 Å². The highest BCUT2D eigenvalue weighted by Crippen LogP contribution is 2.30. The number of hydrogen-bond donors (Lipinski definition) is 1. The SMILES string of the molecule is CCNC(C)c1nnc(-c2ccc(C(F)(F)F)cc2)o1. The van der Waals surface area contributed by atoms with Crippen LogP contribution in [0, 0.1) is 0 Å². The van der Waals surface area contributed by atoms with Crippen LogP contribution in [0.25, 0.3) is 11.5 Å². The monoisotopic (exact) mass is 285 g/mol. The normalized spacial score (nSPS) is 13.4. The van der Waals surface area contributed by atoms with Crippen LogP contribution in [0.15, 0.2) is 28.7 Å². The van der Waals surface area contributed by atoms with Crippen molar-refractivity contribution in [2.75, 3.05) is 6.54 Å². The van der Waals surface area contributed by atoms with Gasteiger partial charge >= 0.3 is 6.18 Å². The second kappa shape index (κ2) is 5.62. The van der Waals surface area contributed by atoms with Gasteiger partial charge in [0.1, 0.15) is 0 Å². The fourth-order valence-electron chi connectivity index (χ4n) is 1.72. The zero-order chi connectivity index (χ0) is 14.8. The van der Waals surface area contributed by atoms with Gasteiger partial charge in [-0.15, -0.1) is 10.2 Å². The lowest BCUT2D eigenvalue weighted by molar-refractivity contribution is -0.137. The van der Waals surface area contributed by atoms with E-state index in [0.717, 1.165) is 18.7 Å². The van der Waals surface area contributed by atoms with Gasteiger partial charge in [-0.2, -0.15) is 13.2 Å². The van der Waals surface area contributed by atoms with Gasteiger partial charge in [0.25, 0.3) is 0 Å². The van der Waals surface area contributed by atoms with Crippen molar-refractivity contribution < 1.29 is 17.6 Å². The molecule has 0 saturated carbocycles. The smallest absolute Gasteiger partial charge is 0.416 e. The van der Waals surface area contributed by atoms with E-state index in [9.17, 15) is 13.2 Å². The molecule has 0 saturated heterocycles. The van der Waals surface area contributed by atoms with Gasteiger partial charge in [-0.3, -0.25) is 0 Å². The lowest BCUT2D eigenvalue weighted by Crippen LogP contribution is -2.17. The maximum atomic E-state index is 12.5. The average Bonchev–Trinajstić information content (AvgIpc) is 2.88. The molecule has 0 fully saturated rings. The summed E-state index contributed by atoms with van der Waals surface area (Å²) in [4.78, 5) is 0. The minimum atomic E-state index is -4.35. The van der Waals surface area contributed by atoms with Crippen LogP contribution >= 0.6 is 0 Å². The topological polar surface area (TPSA) is 51.0 Å². The Bertz CT molecular complexity index is 563. The molecule has 0 spiro atoms. The van der Waals surface area contributed by atoms with Crippen molar-refractivity contribution >= 4 is 0 Å². The first-order chi connectivity index (χ1) is 9.41. The van der Waals surface area contributed by atoms with Gasteiger partial charge in [-0.25, -0.2) is 0 Å². The first kappa shape index (κ1) is 14.5. The molecule has 7 heteroatoms. The number of alkyl halides is 3. The highest BCUT2D eigenvalue weighted by Gasteiger charge is 2.30. The van der Waals surface area contributed by atoms with Crippen LogP contribution in [0.5, 0.6) is 0 Å². The molecule has 1 atom stereocenters. The lowest BCUT2D eigenvalue weighted by Gasteiger charge is -2.06. The molecule has 2 aromatic rings. The highest BCUT2D eigenvalue weighted by molar-refractivity contribution is 5.53. The molecule has 0 aliphatic rings. The first-order valence-electron chi connectivity index (χ1n) is 6.16. The van der Waals surface area contributed by atoms with Gasteiger partial charge in [-0.05, 0) is 37.7 Å². The van der Waals surface area contributed by atoms with Gasteiger partial charge in [0.15, 0.2) is 0 Å². The summed E-state index contributed by atoms with van der Waals surface area (Å²) in [6, 6.07) is 4.52. The van der Waals surface area contributed by atoms with E-state index in [-0.39, 0.29) is 11.9 Å². The molecule has 1 unspecified atom stereocenters. The quantitative estimate of drug-likeness (QED) is 0.935. The largest absolute Gasteiger partial charge is 0.419 e. The van der Waals surface area contributed by atoms with E-state index in [1.54, 1.807) is 0 Å². The van der Waals surface area contributed by atoms with Crippen LogP contribution in [0.1, 0.15) is 31.3 Å². The Balaban J connectivity index is 2.20. The van der Waals surface area contributed by atoms with Crippen molar-refractivity contribution in [3.05, 3.63) is 35.7 Å². The Morgan fingerprint density at radius 3 is 2.40 bits per heavy atom. The third kappa shape index (κ3) is 3.16. The summed E-state index contributed by atoms with van der Waals surface area (Å²) in [5.74, 6) is 0.611. The minimum Gasteiger partial charge on any atom is -0.419 e. The fraction of sp³-hybridized carbons (Fsp3) is 0.385. The molecule has 108 valence electrons. The molecule has 1 aromatic carbocycles. The summed E-state index contributed by atoms with van der Waals surface area (Å²) in [5, 5.41) is 10.8. The third-order valence-corrected chi connectivity index (χ3v) is 2.78. The Morgan fingerprint density at radius 1 is 1.20 bits per heavy atom. The average molecular weight is 285 g/mol. The molecule has 1 N–H and O–H groups in total. The van der Waals surface area contributed by atoms with Crippen molar-refractivity contribution in [2.45, 2.75) is 26.1 Å². The maximum absolute atomic E-state index is 12.5. The summed E-state index contributed by atoms with van der Waals surface area (Å²) in [6.07, 6.45) is -4.35. The van der Waals surface area contributed by atoms with E-state index < -0.39 is 11.7 Å². The van der Waals surface area contributed by atoms with Gasteiger partial charge < -0.3 is 9.73 Å². The van der Waals surface area contributed by atoms with Crippen LogP contribution in [0.3, 0.4) is 0 Å². The summed E-state index contributed by atoms with van der Waals surface area (Å²) >= 11 is 0. The predicted octanol–water partition coefficient (Wildman–Crippen LogP) is 3.43. The summed E-state index contributed by atoms with van der Waals surface area (Å²) in [6.45, 7) is 4.57. The highest BCUT2D eigenvalue weighted by atomic mass is 19.4. The molecular formula is C13H14F3N3O. The number of aromatic nitrogens is 2. The third-order valence-electron chi connectivity index (χ3n) is 2.78. The summed E-state index contributed by atoms with van der Waals surface area (Å²) in [5.41, 5.74) is -0.248. The molecule has 0 bridgehead atoms. The first-order valence-corrected chi connectivity index (χ1v) is 6.16. The maximum Gasteiger partial charge on any atom is 0.416 e. The standard InChI is InChI=1S/C13H14F3N3O/c1-3-17-8(2)11-18-19-12(20-11)9-4-6-10(7-5-9)13(14,15)16/h4-8,17H,3H2,1-2H3. The minimum absolute atomic E-state index is 0.101. The molecule has 0 aliphatic heterocycles. The van der Waals surface area contributed by atoms with E-state index in [1.165, 1.54) is 12.1 Å². The van der Waals surface area contributed by atoms with Gasteiger partial charge in [0.2, 0.25) is 11.8 Å². The Kier molecular flexibility index (Phi) is 4.08. The second-order valence-corrected chi connectivity index (χ2v) is 4.30. The van der Waals surface area contributed by atoms with Crippen molar-refractivity contribution in [3.8, 4) is 11.5 Å². The van der Waals surface area contributed by atoms with Crippen molar-refractivity contribution in [1.29, 1.82) is 0 Å². The number of hydrogen-bond acceptors (Lipinski definition) is 4. The van der Waals surface area contributed by atoms with Crippen LogP contribution < -0.4 is 5.32 Å². The van der Waals surface area contributed by atoms with Crippen LogP contribution in [-0.4, -0.2) is 16.7 Å². The lowest BCUT2D eigenvalue weighted by atomic mass is 10.1. The summed E-state index contributed by atoms with van der Waals surface area (Å²) < 4.78 is 42.8. The number of rotatable bonds is 4. The number of nitrogens with one attached hydrogen (secondary N) is 1. The Morgan fingerprint density at radius 2 is 1.85 bits per heavy atom. The van der Waals surface area contributed by atoms with E-state index in [0.29, 0.717) is 11.5 Å². The van der Waals surface area contributed by atoms with Gasteiger partial charge in [0.05, 0.1) is 11.6 Å². The van der Waals surface area contributed by atoms with E-state index in [1.807, 2.05) is 13.8 Å². The molecule has 20 heavy (non-hydrogen) atoms. The second-order valence-electron chi connectivity index (χ2n) is 4.30. The molecule has 4 nitrogen and oxygen atoms in total. The molecule has 0 radical (unpaired) electrons. The molecule has 0 aliphatic carbocycles. The molecule has 0 amide bonds. The van der Waals surface area contributed by atoms with Gasteiger partial charge in [-0.1, -0.05) is 6.92 Å².